The molecule has 0 spiro atoms. The summed E-state index contributed by atoms with van der Waals surface area (Å²) in [6.07, 6.45) is 7.78. The first-order valence-electron chi connectivity index (χ1n) is 8.64. The summed E-state index contributed by atoms with van der Waals surface area (Å²) in [5.41, 5.74) is 5.89. The summed E-state index contributed by atoms with van der Waals surface area (Å²) in [5, 5.41) is 0. The van der Waals surface area contributed by atoms with E-state index in [4.69, 9.17) is 4.74 Å². The summed E-state index contributed by atoms with van der Waals surface area (Å²) in [5.74, 6) is 1.64. The molecular weight excluding hydrogens is 280 g/mol. The zero-order chi connectivity index (χ0) is 15.9. The summed E-state index contributed by atoms with van der Waals surface area (Å²) in [6.45, 7) is 2.19. The van der Waals surface area contributed by atoms with Crippen LogP contribution in [-0.2, 0) is 5.41 Å². The molecule has 0 aliphatic heterocycles. The van der Waals surface area contributed by atoms with Gasteiger partial charge in [0.2, 0.25) is 0 Å². The van der Waals surface area contributed by atoms with Crippen LogP contribution in [0.15, 0.2) is 60.2 Å². The van der Waals surface area contributed by atoms with Gasteiger partial charge in [0.05, 0.1) is 7.11 Å². The summed E-state index contributed by atoms with van der Waals surface area (Å²) in [7, 11) is 1.73. The fourth-order valence-corrected chi connectivity index (χ4v) is 4.60. The third-order valence-corrected chi connectivity index (χ3v) is 5.77. The van der Waals surface area contributed by atoms with Crippen LogP contribution >= 0.6 is 0 Å². The van der Waals surface area contributed by atoms with Gasteiger partial charge in [-0.3, -0.25) is 0 Å². The van der Waals surface area contributed by atoms with Crippen LogP contribution in [-0.4, -0.2) is 7.11 Å². The number of fused-ring (bicyclic) bond motifs is 3. The monoisotopic (exact) mass is 304 g/mol. The topological polar surface area (TPSA) is 9.23 Å². The molecule has 2 bridgehead atoms. The lowest BCUT2D eigenvalue weighted by atomic mass is 9.56. The standard InChI is InChI=1S/C22H24O/c1-16-4-3-5-20(14-16)22(15-17-6-8-18(22)9-7-17)19-10-12-21(23-2)13-11-19/h3-5,10-15,18H,6-9H2,1-2H3. The molecule has 1 heteroatoms. The highest BCUT2D eigenvalue weighted by molar-refractivity contribution is 5.51. The Labute approximate surface area is 139 Å². The molecule has 0 aromatic heterocycles. The van der Waals surface area contributed by atoms with Crippen molar-refractivity contribution < 1.29 is 4.74 Å². The van der Waals surface area contributed by atoms with E-state index in [1.165, 1.54) is 42.4 Å². The molecule has 1 nitrogen and oxygen atoms in total. The van der Waals surface area contributed by atoms with Gasteiger partial charge < -0.3 is 4.74 Å². The largest absolute Gasteiger partial charge is 0.497 e. The molecule has 0 N–H and O–H groups in total. The second-order valence-electron chi connectivity index (χ2n) is 7.04. The molecule has 0 heterocycles. The van der Waals surface area contributed by atoms with E-state index in [0.29, 0.717) is 5.92 Å². The van der Waals surface area contributed by atoms with Crippen molar-refractivity contribution >= 4 is 0 Å². The maximum atomic E-state index is 5.36. The number of benzene rings is 2. The highest BCUT2D eigenvalue weighted by Gasteiger charge is 2.45. The fraction of sp³-hybridized carbons (Fsp3) is 0.364. The summed E-state index contributed by atoms with van der Waals surface area (Å²) >= 11 is 0. The SMILES string of the molecule is COc1ccc(C2(c3cccc(C)c3)C=C3CCC2CC3)cc1. The molecule has 0 amide bonds. The van der Waals surface area contributed by atoms with Gasteiger partial charge in [-0.25, -0.2) is 0 Å². The molecule has 1 saturated carbocycles. The van der Waals surface area contributed by atoms with E-state index < -0.39 is 0 Å². The van der Waals surface area contributed by atoms with E-state index in [-0.39, 0.29) is 5.41 Å². The first kappa shape index (κ1) is 14.6. The molecule has 3 aliphatic rings. The number of methoxy groups -OCH3 is 1. The molecule has 1 atom stereocenters. The number of hydrogen-bond donors (Lipinski definition) is 0. The highest BCUT2D eigenvalue weighted by atomic mass is 16.5. The van der Waals surface area contributed by atoms with E-state index in [0.717, 1.165) is 5.75 Å². The molecule has 118 valence electrons. The Kier molecular flexibility index (Phi) is 3.52. The second kappa shape index (κ2) is 5.56. The van der Waals surface area contributed by atoms with Crippen LogP contribution in [0.2, 0.25) is 0 Å². The summed E-state index contributed by atoms with van der Waals surface area (Å²) < 4.78 is 5.36. The third-order valence-electron chi connectivity index (χ3n) is 5.77. The molecule has 2 aromatic rings. The molecule has 1 unspecified atom stereocenters. The Morgan fingerprint density at radius 2 is 1.70 bits per heavy atom. The van der Waals surface area contributed by atoms with Crippen molar-refractivity contribution in [1.82, 2.24) is 0 Å². The molecule has 0 radical (unpaired) electrons. The van der Waals surface area contributed by atoms with Crippen molar-refractivity contribution in [2.24, 2.45) is 5.92 Å². The van der Waals surface area contributed by atoms with Crippen molar-refractivity contribution in [2.75, 3.05) is 7.11 Å². The molecule has 0 saturated heterocycles. The van der Waals surface area contributed by atoms with Crippen LogP contribution in [0.25, 0.3) is 0 Å². The van der Waals surface area contributed by atoms with Gasteiger partial charge in [0.1, 0.15) is 5.75 Å². The normalized spacial score (nSPS) is 26.0. The van der Waals surface area contributed by atoms with Gasteiger partial charge in [0.15, 0.2) is 0 Å². The summed E-state index contributed by atoms with van der Waals surface area (Å²) in [4.78, 5) is 0. The van der Waals surface area contributed by atoms with Gasteiger partial charge in [0.25, 0.3) is 0 Å². The van der Waals surface area contributed by atoms with Crippen LogP contribution in [0.1, 0.15) is 42.4 Å². The Hall–Kier alpha value is -2.02. The van der Waals surface area contributed by atoms with E-state index in [9.17, 15) is 0 Å². The van der Waals surface area contributed by atoms with Crippen molar-refractivity contribution in [3.05, 3.63) is 76.9 Å². The van der Waals surface area contributed by atoms with Gasteiger partial charge >= 0.3 is 0 Å². The smallest absolute Gasteiger partial charge is 0.118 e. The van der Waals surface area contributed by atoms with Crippen LogP contribution in [0.3, 0.4) is 0 Å². The van der Waals surface area contributed by atoms with Crippen LogP contribution in [0.5, 0.6) is 5.75 Å². The number of allylic oxidation sites excluding steroid dienone is 2. The number of rotatable bonds is 3. The third kappa shape index (κ3) is 2.30. The van der Waals surface area contributed by atoms with Crippen LogP contribution < -0.4 is 4.74 Å². The molecule has 23 heavy (non-hydrogen) atoms. The van der Waals surface area contributed by atoms with E-state index in [1.54, 1.807) is 12.7 Å². The Morgan fingerprint density at radius 1 is 0.957 bits per heavy atom. The molecule has 5 rings (SSSR count). The average Bonchev–Trinajstić information content (AvgIpc) is 2.62. The zero-order valence-corrected chi connectivity index (χ0v) is 14.0. The number of hydrogen-bond acceptors (Lipinski definition) is 1. The Morgan fingerprint density at radius 3 is 2.26 bits per heavy atom. The Balaban J connectivity index is 1.92. The number of aryl methyl sites for hydroxylation is 1. The lowest BCUT2D eigenvalue weighted by Gasteiger charge is -2.47. The number of ether oxygens (including phenoxy) is 1. The van der Waals surface area contributed by atoms with Gasteiger partial charge in [-0.1, -0.05) is 53.6 Å². The first-order valence-corrected chi connectivity index (χ1v) is 8.64. The predicted octanol–water partition coefficient (Wildman–Crippen LogP) is 5.42. The quantitative estimate of drug-likeness (QED) is 0.688. The van der Waals surface area contributed by atoms with E-state index in [1.807, 2.05) is 0 Å². The van der Waals surface area contributed by atoms with Gasteiger partial charge in [-0.15, -0.1) is 0 Å². The van der Waals surface area contributed by atoms with Gasteiger partial charge in [-0.2, -0.15) is 0 Å². The lowest BCUT2D eigenvalue weighted by molar-refractivity contribution is 0.278. The van der Waals surface area contributed by atoms with E-state index in [2.05, 4.69) is 61.5 Å². The molecule has 3 aliphatic carbocycles. The van der Waals surface area contributed by atoms with Crippen molar-refractivity contribution in [3.63, 3.8) is 0 Å². The maximum absolute atomic E-state index is 5.36. The minimum absolute atomic E-state index is 0.0458. The lowest BCUT2D eigenvalue weighted by Crippen LogP contribution is -2.40. The first-order chi connectivity index (χ1) is 11.2. The average molecular weight is 304 g/mol. The van der Waals surface area contributed by atoms with Crippen molar-refractivity contribution in [2.45, 2.75) is 38.0 Å². The Bertz CT molecular complexity index is 731. The molecule has 2 aromatic carbocycles. The predicted molar refractivity (Wildman–Crippen MR) is 95.0 cm³/mol. The molecule has 1 fully saturated rings. The highest BCUT2D eigenvalue weighted by Crippen LogP contribution is 2.53. The second-order valence-corrected chi connectivity index (χ2v) is 7.04. The summed E-state index contributed by atoms with van der Waals surface area (Å²) in [6, 6.07) is 17.8. The minimum atomic E-state index is 0.0458. The maximum Gasteiger partial charge on any atom is 0.118 e. The molecular formula is C22H24O. The van der Waals surface area contributed by atoms with Gasteiger partial charge in [0, 0.05) is 5.41 Å². The van der Waals surface area contributed by atoms with Gasteiger partial charge in [-0.05, 0) is 61.8 Å². The van der Waals surface area contributed by atoms with E-state index >= 15 is 0 Å². The fourth-order valence-electron chi connectivity index (χ4n) is 4.60. The van der Waals surface area contributed by atoms with Crippen molar-refractivity contribution in [3.8, 4) is 5.75 Å². The minimum Gasteiger partial charge on any atom is -0.497 e. The zero-order valence-electron chi connectivity index (χ0n) is 14.0. The van der Waals surface area contributed by atoms with Crippen LogP contribution in [0, 0.1) is 12.8 Å². The van der Waals surface area contributed by atoms with Crippen molar-refractivity contribution in [1.29, 1.82) is 0 Å². The van der Waals surface area contributed by atoms with Crippen LogP contribution in [0.4, 0.5) is 0 Å².